The van der Waals surface area contributed by atoms with Crippen molar-refractivity contribution >= 4 is 40.9 Å². The molecular formula is C22H27ClN6O2. The molecule has 2 fully saturated rings. The van der Waals surface area contributed by atoms with Gasteiger partial charge in [0.1, 0.15) is 5.82 Å². The second-order valence-electron chi connectivity index (χ2n) is 7.92. The molecule has 2 aromatic rings. The van der Waals surface area contributed by atoms with Crippen molar-refractivity contribution in [1.82, 2.24) is 14.9 Å². The van der Waals surface area contributed by atoms with Crippen molar-refractivity contribution in [1.29, 1.82) is 0 Å². The highest BCUT2D eigenvalue weighted by molar-refractivity contribution is 6.30. The van der Waals surface area contributed by atoms with Crippen LogP contribution in [0, 0.1) is 12.8 Å². The molecule has 2 saturated heterocycles. The Morgan fingerprint density at radius 3 is 2.55 bits per heavy atom. The molecule has 1 N–H and O–H groups in total. The van der Waals surface area contributed by atoms with Crippen LogP contribution in [0.1, 0.15) is 19.0 Å². The van der Waals surface area contributed by atoms with Gasteiger partial charge in [-0.05, 0) is 38.1 Å². The molecule has 8 nitrogen and oxygen atoms in total. The molecule has 1 aromatic carbocycles. The molecule has 2 amide bonds. The van der Waals surface area contributed by atoms with E-state index in [0.717, 1.165) is 23.7 Å². The van der Waals surface area contributed by atoms with Crippen molar-refractivity contribution in [2.45, 2.75) is 20.3 Å². The Hall–Kier alpha value is -2.87. The Kier molecular flexibility index (Phi) is 6.27. The quantitative estimate of drug-likeness (QED) is 0.766. The fourth-order valence-corrected chi connectivity index (χ4v) is 4.23. The van der Waals surface area contributed by atoms with Gasteiger partial charge in [0.25, 0.3) is 0 Å². The third kappa shape index (κ3) is 4.74. The van der Waals surface area contributed by atoms with Crippen molar-refractivity contribution in [3.8, 4) is 0 Å². The molecule has 2 aliphatic heterocycles. The smallest absolute Gasteiger partial charge is 0.228 e. The van der Waals surface area contributed by atoms with Gasteiger partial charge in [-0.3, -0.25) is 9.59 Å². The van der Waals surface area contributed by atoms with Gasteiger partial charge in [-0.1, -0.05) is 11.6 Å². The largest absolute Gasteiger partial charge is 0.354 e. The van der Waals surface area contributed by atoms with Crippen LogP contribution < -0.4 is 15.1 Å². The minimum Gasteiger partial charge on any atom is -0.354 e. The van der Waals surface area contributed by atoms with E-state index in [2.05, 4.69) is 20.2 Å². The molecule has 164 valence electrons. The van der Waals surface area contributed by atoms with E-state index in [-0.39, 0.29) is 24.2 Å². The molecule has 0 aliphatic carbocycles. The van der Waals surface area contributed by atoms with E-state index in [1.165, 1.54) is 0 Å². The number of nitrogens with one attached hydrogen (secondary N) is 1. The lowest BCUT2D eigenvalue weighted by molar-refractivity contribution is -0.136. The average molecular weight is 443 g/mol. The summed E-state index contributed by atoms with van der Waals surface area (Å²) in [4.78, 5) is 40.3. The third-order valence-corrected chi connectivity index (χ3v) is 5.96. The zero-order valence-electron chi connectivity index (χ0n) is 17.8. The standard InChI is InChI=1S/C22H27ClN6O2/c1-3-24-22-25-15(2)12-19(26-22)27-8-10-28(11-9-27)21(31)16-13-20(30)29(14-16)18-6-4-17(23)5-7-18/h4-7,12,16H,3,8-11,13-14H2,1-2H3,(H,24,25,26). The second-order valence-corrected chi connectivity index (χ2v) is 8.35. The van der Waals surface area contributed by atoms with Crippen molar-refractivity contribution in [2.75, 3.05) is 54.4 Å². The zero-order chi connectivity index (χ0) is 22.0. The minimum absolute atomic E-state index is 0.0216. The Bertz CT molecular complexity index is 959. The molecule has 1 atom stereocenters. The van der Waals surface area contributed by atoms with Gasteiger partial charge in [0.15, 0.2) is 0 Å². The molecule has 1 aromatic heterocycles. The first-order valence-electron chi connectivity index (χ1n) is 10.6. The van der Waals surface area contributed by atoms with E-state index < -0.39 is 0 Å². The highest BCUT2D eigenvalue weighted by atomic mass is 35.5. The van der Waals surface area contributed by atoms with E-state index >= 15 is 0 Å². The molecule has 1 unspecified atom stereocenters. The lowest BCUT2D eigenvalue weighted by Crippen LogP contribution is -2.51. The van der Waals surface area contributed by atoms with E-state index in [0.29, 0.717) is 43.7 Å². The molecule has 0 spiro atoms. The predicted octanol–water partition coefficient (Wildman–Crippen LogP) is 2.57. The van der Waals surface area contributed by atoms with Crippen LogP contribution in [-0.2, 0) is 9.59 Å². The van der Waals surface area contributed by atoms with Crippen LogP contribution in [0.4, 0.5) is 17.5 Å². The molecule has 31 heavy (non-hydrogen) atoms. The monoisotopic (exact) mass is 442 g/mol. The minimum atomic E-state index is -0.309. The van der Waals surface area contributed by atoms with Crippen molar-refractivity contribution in [2.24, 2.45) is 5.92 Å². The molecule has 9 heteroatoms. The topological polar surface area (TPSA) is 81.7 Å². The van der Waals surface area contributed by atoms with Gasteiger partial charge in [0, 0.05) is 68.2 Å². The Balaban J connectivity index is 1.36. The highest BCUT2D eigenvalue weighted by Gasteiger charge is 2.38. The molecule has 4 rings (SSSR count). The number of carbonyl (C=O) groups is 2. The predicted molar refractivity (Wildman–Crippen MR) is 122 cm³/mol. The van der Waals surface area contributed by atoms with Gasteiger partial charge in [-0.2, -0.15) is 4.98 Å². The maximum atomic E-state index is 13.1. The lowest BCUT2D eigenvalue weighted by Gasteiger charge is -2.36. The Labute approximate surface area is 187 Å². The number of amides is 2. The van der Waals surface area contributed by atoms with Crippen molar-refractivity contribution < 1.29 is 9.59 Å². The maximum Gasteiger partial charge on any atom is 0.228 e. The number of aryl methyl sites for hydroxylation is 1. The van der Waals surface area contributed by atoms with Crippen LogP contribution in [-0.4, -0.2) is 66.0 Å². The van der Waals surface area contributed by atoms with Crippen LogP contribution in [0.3, 0.4) is 0 Å². The first kappa shape index (κ1) is 21.4. The SMILES string of the molecule is CCNc1nc(C)cc(N2CCN(C(=O)C3CC(=O)N(c4ccc(Cl)cc4)C3)CC2)n1. The Morgan fingerprint density at radius 2 is 1.87 bits per heavy atom. The van der Waals surface area contributed by atoms with Crippen molar-refractivity contribution in [3.63, 3.8) is 0 Å². The fraction of sp³-hybridized carbons (Fsp3) is 0.455. The summed E-state index contributed by atoms with van der Waals surface area (Å²) in [5.74, 6) is 1.23. The van der Waals surface area contributed by atoms with Crippen LogP contribution in [0.2, 0.25) is 5.02 Å². The van der Waals surface area contributed by atoms with E-state index in [9.17, 15) is 9.59 Å². The van der Waals surface area contributed by atoms with Crippen molar-refractivity contribution in [3.05, 3.63) is 41.0 Å². The number of carbonyl (C=O) groups excluding carboxylic acids is 2. The zero-order valence-corrected chi connectivity index (χ0v) is 18.6. The van der Waals surface area contributed by atoms with Crippen LogP contribution >= 0.6 is 11.6 Å². The van der Waals surface area contributed by atoms with E-state index in [4.69, 9.17) is 11.6 Å². The first-order chi connectivity index (χ1) is 14.9. The molecule has 0 saturated carbocycles. The van der Waals surface area contributed by atoms with Gasteiger partial charge in [0.2, 0.25) is 17.8 Å². The lowest BCUT2D eigenvalue weighted by atomic mass is 10.1. The van der Waals surface area contributed by atoms with Crippen LogP contribution in [0.25, 0.3) is 0 Å². The summed E-state index contributed by atoms with van der Waals surface area (Å²) in [6.07, 6.45) is 0.249. The van der Waals surface area contributed by atoms with Gasteiger partial charge in [0.05, 0.1) is 5.92 Å². The summed E-state index contributed by atoms with van der Waals surface area (Å²) >= 11 is 5.94. The number of halogens is 1. The molecule has 3 heterocycles. The van der Waals surface area contributed by atoms with E-state index in [1.54, 1.807) is 17.0 Å². The second kappa shape index (κ2) is 9.09. The number of aromatic nitrogens is 2. The normalized spacial score (nSPS) is 19.1. The number of rotatable bonds is 5. The van der Waals surface area contributed by atoms with Crippen LogP contribution in [0.15, 0.2) is 30.3 Å². The number of hydrogen-bond acceptors (Lipinski definition) is 6. The number of piperazine rings is 1. The summed E-state index contributed by atoms with van der Waals surface area (Å²) in [5.41, 5.74) is 1.69. The number of benzene rings is 1. The highest BCUT2D eigenvalue weighted by Crippen LogP contribution is 2.28. The summed E-state index contributed by atoms with van der Waals surface area (Å²) < 4.78 is 0. The average Bonchev–Trinajstić information content (AvgIpc) is 3.15. The summed E-state index contributed by atoms with van der Waals surface area (Å²) in [5, 5.41) is 3.78. The first-order valence-corrected chi connectivity index (χ1v) is 11.0. The summed E-state index contributed by atoms with van der Waals surface area (Å²) in [6.45, 7) is 7.78. The summed E-state index contributed by atoms with van der Waals surface area (Å²) in [7, 11) is 0. The van der Waals surface area contributed by atoms with Gasteiger partial charge >= 0.3 is 0 Å². The van der Waals surface area contributed by atoms with Gasteiger partial charge in [-0.15, -0.1) is 0 Å². The van der Waals surface area contributed by atoms with E-state index in [1.807, 2.05) is 36.9 Å². The van der Waals surface area contributed by atoms with Crippen LogP contribution in [0.5, 0.6) is 0 Å². The summed E-state index contributed by atoms with van der Waals surface area (Å²) in [6, 6.07) is 9.12. The molecule has 0 bridgehead atoms. The van der Waals surface area contributed by atoms with Gasteiger partial charge < -0.3 is 20.0 Å². The number of anilines is 3. The molecular weight excluding hydrogens is 416 g/mol. The maximum absolute atomic E-state index is 13.1. The number of hydrogen-bond donors (Lipinski definition) is 1. The number of nitrogens with zero attached hydrogens (tertiary/aromatic N) is 5. The van der Waals surface area contributed by atoms with Gasteiger partial charge in [-0.25, -0.2) is 4.98 Å². The molecule has 0 radical (unpaired) electrons. The molecule has 2 aliphatic rings. The third-order valence-electron chi connectivity index (χ3n) is 5.70. The fourth-order valence-electron chi connectivity index (χ4n) is 4.11. The Morgan fingerprint density at radius 1 is 1.16 bits per heavy atom.